The second-order valence-corrected chi connectivity index (χ2v) is 8.03. The molecule has 2 heterocycles. The first-order chi connectivity index (χ1) is 16.7. The summed E-state index contributed by atoms with van der Waals surface area (Å²) in [5, 5.41) is 11.0. The molecule has 8 heteroatoms. The van der Waals surface area contributed by atoms with E-state index in [1.165, 1.54) is 57.9 Å². The second-order valence-electron chi connectivity index (χ2n) is 8.03. The van der Waals surface area contributed by atoms with Gasteiger partial charge in [0.1, 0.15) is 0 Å². The van der Waals surface area contributed by atoms with E-state index in [0.717, 1.165) is 19.5 Å². The van der Waals surface area contributed by atoms with Gasteiger partial charge in [0, 0.05) is 35.7 Å². The lowest BCUT2D eigenvalue weighted by molar-refractivity contribution is -0.125. The van der Waals surface area contributed by atoms with Crippen molar-refractivity contribution < 1.29 is 19.2 Å². The zero-order chi connectivity index (χ0) is 25.8. The highest BCUT2D eigenvalue weighted by molar-refractivity contribution is 6.13. The van der Waals surface area contributed by atoms with Gasteiger partial charge in [0.2, 0.25) is 0 Å². The minimum absolute atomic E-state index is 0.329. The summed E-state index contributed by atoms with van der Waals surface area (Å²) in [6, 6.07) is 13.3. The fourth-order valence-electron chi connectivity index (χ4n) is 3.30. The summed E-state index contributed by atoms with van der Waals surface area (Å²) in [4.78, 5) is 40.1. The molecular weight excluding hydrogens is 444 g/mol. The Morgan fingerprint density at radius 1 is 0.571 bits per heavy atom. The third-order valence-corrected chi connectivity index (χ3v) is 4.94. The highest BCUT2D eigenvalue weighted by atomic mass is 16.2. The molecule has 0 unspecified atom stereocenters. The Morgan fingerprint density at radius 3 is 1.17 bits per heavy atom. The van der Waals surface area contributed by atoms with Crippen molar-refractivity contribution in [1.29, 1.82) is 0 Å². The summed E-state index contributed by atoms with van der Waals surface area (Å²) in [6.45, 7) is 9.41. The summed E-state index contributed by atoms with van der Waals surface area (Å²) in [7, 11) is 0. The molecule has 2 aliphatic heterocycles. The van der Waals surface area contributed by atoms with E-state index in [2.05, 4.69) is 74.7 Å². The van der Waals surface area contributed by atoms with Crippen molar-refractivity contribution in [2.45, 2.75) is 40.5 Å². The first-order valence-electron chi connectivity index (χ1n) is 11.4. The van der Waals surface area contributed by atoms with Gasteiger partial charge in [0.25, 0.3) is 23.6 Å². The SMILES string of the molecule is CCc1cc(C)cc(NCNc2cc(C)cc(CC)c2)c1.O=C1C=CC(=O)N1.O=C1C=CC(=O)N1. The Hall–Kier alpha value is -4.20. The first-order valence-corrected chi connectivity index (χ1v) is 11.4. The lowest BCUT2D eigenvalue weighted by atomic mass is 10.1. The highest BCUT2D eigenvalue weighted by Gasteiger charge is 2.07. The smallest absolute Gasteiger partial charge is 0.250 e. The molecule has 0 aliphatic carbocycles. The zero-order valence-corrected chi connectivity index (χ0v) is 20.5. The molecule has 2 aromatic carbocycles. The molecule has 0 saturated carbocycles. The topological polar surface area (TPSA) is 116 Å². The lowest BCUT2D eigenvalue weighted by Gasteiger charge is -2.13. The number of benzene rings is 2. The predicted octanol–water partition coefficient (Wildman–Crippen LogP) is 3.31. The number of anilines is 2. The van der Waals surface area contributed by atoms with Crippen LogP contribution in [0.3, 0.4) is 0 Å². The molecule has 4 N–H and O–H groups in total. The fraction of sp³-hybridized carbons (Fsp3) is 0.259. The molecule has 8 nitrogen and oxygen atoms in total. The molecule has 35 heavy (non-hydrogen) atoms. The van der Waals surface area contributed by atoms with Crippen LogP contribution in [0.15, 0.2) is 60.7 Å². The normalized spacial score (nSPS) is 13.4. The Kier molecular flexibility index (Phi) is 10.4. The van der Waals surface area contributed by atoms with Gasteiger partial charge in [-0.15, -0.1) is 0 Å². The number of nitrogens with one attached hydrogen (secondary N) is 4. The van der Waals surface area contributed by atoms with E-state index in [-0.39, 0.29) is 23.6 Å². The van der Waals surface area contributed by atoms with Gasteiger partial charge >= 0.3 is 0 Å². The first kappa shape index (κ1) is 27.0. The van der Waals surface area contributed by atoms with E-state index >= 15 is 0 Å². The monoisotopic (exact) mass is 476 g/mol. The van der Waals surface area contributed by atoms with Crippen LogP contribution in [0.1, 0.15) is 36.1 Å². The van der Waals surface area contributed by atoms with Crippen LogP contribution in [-0.2, 0) is 32.0 Å². The quantitative estimate of drug-likeness (QED) is 0.376. The summed E-state index contributed by atoms with van der Waals surface area (Å²) in [5.74, 6) is -1.31. The molecule has 0 fully saturated rings. The molecular formula is C27H32N4O4. The van der Waals surface area contributed by atoms with Crippen LogP contribution >= 0.6 is 0 Å². The van der Waals surface area contributed by atoms with Crippen LogP contribution in [-0.4, -0.2) is 30.3 Å². The van der Waals surface area contributed by atoms with Crippen LogP contribution in [0.25, 0.3) is 0 Å². The molecule has 0 saturated heterocycles. The Labute approximate surface area is 205 Å². The number of carbonyl (C=O) groups is 4. The predicted molar refractivity (Wildman–Crippen MR) is 138 cm³/mol. The van der Waals surface area contributed by atoms with E-state index in [4.69, 9.17) is 0 Å². The van der Waals surface area contributed by atoms with Crippen LogP contribution in [0.4, 0.5) is 11.4 Å². The van der Waals surface area contributed by atoms with E-state index in [1.807, 2.05) is 10.6 Å². The fourth-order valence-corrected chi connectivity index (χ4v) is 3.30. The molecule has 0 aromatic heterocycles. The molecule has 2 aliphatic rings. The van der Waals surface area contributed by atoms with E-state index in [9.17, 15) is 19.2 Å². The number of rotatable bonds is 6. The summed E-state index contributed by atoms with van der Waals surface area (Å²) >= 11 is 0. The number of carbonyl (C=O) groups excluding carboxylic acids is 4. The van der Waals surface area contributed by atoms with Crippen LogP contribution in [0.2, 0.25) is 0 Å². The molecule has 0 atom stereocenters. The molecule has 0 radical (unpaired) electrons. The zero-order valence-electron chi connectivity index (χ0n) is 20.5. The molecule has 0 spiro atoms. The lowest BCUT2D eigenvalue weighted by Crippen LogP contribution is -2.19. The van der Waals surface area contributed by atoms with Crippen LogP contribution < -0.4 is 21.3 Å². The summed E-state index contributed by atoms with van der Waals surface area (Å²) in [6.07, 6.45) is 6.93. The van der Waals surface area contributed by atoms with E-state index < -0.39 is 0 Å². The summed E-state index contributed by atoms with van der Waals surface area (Å²) < 4.78 is 0. The minimum atomic E-state index is -0.329. The minimum Gasteiger partial charge on any atom is -0.368 e. The maximum absolute atomic E-state index is 10.0. The summed E-state index contributed by atoms with van der Waals surface area (Å²) in [5.41, 5.74) is 7.73. The molecule has 4 amide bonds. The van der Waals surface area contributed by atoms with Gasteiger partial charge in [-0.05, 0) is 73.2 Å². The largest absolute Gasteiger partial charge is 0.368 e. The maximum Gasteiger partial charge on any atom is 0.250 e. The molecule has 4 rings (SSSR count). The van der Waals surface area contributed by atoms with Gasteiger partial charge in [-0.2, -0.15) is 0 Å². The van der Waals surface area contributed by atoms with Gasteiger partial charge in [-0.3, -0.25) is 29.8 Å². The highest BCUT2D eigenvalue weighted by Crippen LogP contribution is 2.17. The number of hydrogen-bond donors (Lipinski definition) is 4. The molecule has 2 aromatic rings. The van der Waals surface area contributed by atoms with Crippen molar-refractivity contribution >= 4 is 35.0 Å². The Morgan fingerprint density at radius 2 is 0.914 bits per heavy atom. The van der Waals surface area contributed by atoms with Crippen molar-refractivity contribution in [2.24, 2.45) is 0 Å². The van der Waals surface area contributed by atoms with Crippen LogP contribution in [0.5, 0.6) is 0 Å². The number of imide groups is 2. The second kappa shape index (κ2) is 13.5. The van der Waals surface area contributed by atoms with Crippen molar-refractivity contribution in [3.63, 3.8) is 0 Å². The van der Waals surface area contributed by atoms with Gasteiger partial charge in [0.05, 0.1) is 6.67 Å². The Balaban J connectivity index is 0.000000249. The van der Waals surface area contributed by atoms with E-state index in [0.29, 0.717) is 0 Å². The Bertz CT molecular complexity index is 1030. The average molecular weight is 477 g/mol. The maximum atomic E-state index is 10.0. The van der Waals surface area contributed by atoms with Gasteiger partial charge < -0.3 is 10.6 Å². The van der Waals surface area contributed by atoms with Crippen molar-refractivity contribution in [3.8, 4) is 0 Å². The van der Waals surface area contributed by atoms with E-state index in [1.54, 1.807) is 0 Å². The molecule has 0 bridgehead atoms. The van der Waals surface area contributed by atoms with Gasteiger partial charge in [-0.1, -0.05) is 26.0 Å². The van der Waals surface area contributed by atoms with Gasteiger partial charge in [-0.25, -0.2) is 0 Å². The van der Waals surface area contributed by atoms with Crippen molar-refractivity contribution in [1.82, 2.24) is 10.6 Å². The third-order valence-electron chi connectivity index (χ3n) is 4.94. The third kappa shape index (κ3) is 10.1. The van der Waals surface area contributed by atoms with Gasteiger partial charge in [0.15, 0.2) is 0 Å². The van der Waals surface area contributed by atoms with Crippen LogP contribution in [0, 0.1) is 13.8 Å². The number of hydrogen-bond acceptors (Lipinski definition) is 6. The number of amides is 4. The molecule has 184 valence electrons. The average Bonchev–Trinajstić information content (AvgIpc) is 3.39. The van der Waals surface area contributed by atoms with Crippen molar-refractivity contribution in [2.75, 3.05) is 17.3 Å². The van der Waals surface area contributed by atoms with Crippen molar-refractivity contribution in [3.05, 3.63) is 83.0 Å². The standard InChI is InChI=1S/C19H26N2.2C4H3NO2/c1-5-16-7-14(3)9-18(11-16)20-13-21-19-10-15(4)8-17(6-2)12-19;2*6-3-1-2-4(7)5-3/h7-12,20-21H,5-6,13H2,1-4H3;2*1-2H,(H,5,6,7). The number of aryl methyl sites for hydroxylation is 4.